The van der Waals surface area contributed by atoms with E-state index in [0.717, 1.165) is 5.56 Å². The highest BCUT2D eigenvalue weighted by molar-refractivity contribution is 7.17. The first-order valence-electron chi connectivity index (χ1n) is 7.46. The molecule has 0 aliphatic heterocycles. The Balaban J connectivity index is 1.79. The maximum atomic E-state index is 12.8. The van der Waals surface area contributed by atoms with E-state index in [1.54, 1.807) is 34.2 Å². The molecule has 0 saturated carbocycles. The zero-order chi connectivity index (χ0) is 16.4. The lowest BCUT2D eigenvalue weighted by atomic mass is 10.1. The molecular formula is C17H20N4OS. The van der Waals surface area contributed by atoms with Crippen molar-refractivity contribution in [3.63, 3.8) is 0 Å². The number of aryl methyl sites for hydroxylation is 1. The fraction of sp³-hybridized carbons (Fsp3) is 0.294. The van der Waals surface area contributed by atoms with Crippen LogP contribution in [0.1, 0.15) is 17.2 Å². The summed E-state index contributed by atoms with van der Waals surface area (Å²) >= 11 is 1.71. The van der Waals surface area contributed by atoms with Crippen LogP contribution in [0.15, 0.2) is 42.0 Å². The summed E-state index contributed by atoms with van der Waals surface area (Å²) in [6.07, 6.45) is 3.60. The quantitative estimate of drug-likeness (QED) is 0.783. The number of carbonyl (C=O) groups excluding carboxylic acids is 1. The van der Waals surface area contributed by atoms with E-state index in [4.69, 9.17) is 0 Å². The van der Waals surface area contributed by atoms with Gasteiger partial charge in [0.15, 0.2) is 0 Å². The average molecular weight is 328 g/mol. The summed E-state index contributed by atoms with van der Waals surface area (Å²) in [5, 5.41) is 10.6. The highest BCUT2D eigenvalue weighted by Crippen LogP contribution is 2.27. The zero-order valence-corrected chi connectivity index (χ0v) is 14.3. The first-order valence-corrected chi connectivity index (χ1v) is 8.34. The molecule has 0 aliphatic rings. The van der Waals surface area contributed by atoms with E-state index in [9.17, 15) is 4.79 Å². The Kier molecular flexibility index (Phi) is 4.45. The molecule has 6 heteroatoms. The maximum Gasteiger partial charge on any atom is 0.244 e. The molecule has 0 bridgehead atoms. The third-order valence-electron chi connectivity index (χ3n) is 3.94. The third kappa shape index (κ3) is 3.13. The molecule has 1 amide bonds. The number of nitrogens with zero attached hydrogens (tertiary/aromatic N) is 3. The van der Waals surface area contributed by atoms with E-state index in [1.165, 1.54) is 15.6 Å². The molecule has 0 saturated heterocycles. The first-order chi connectivity index (χ1) is 11.1. The van der Waals surface area contributed by atoms with Crippen molar-refractivity contribution in [3.05, 3.63) is 53.2 Å². The minimum atomic E-state index is -0.376. The van der Waals surface area contributed by atoms with E-state index in [2.05, 4.69) is 27.9 Å². The van der Waals surface area contributed by atoms with Gasteiger partial charge in [0.2, 0.25) is 5.91 Å². The van der Waals surface area contributed by atoms with Crippen LogP contribution in [-0.4, -0.2) is 34.7 Å². The average Bonchev–Trinajstić information content (AvgIpc) is 3.15. The number of carbonyl (C=O) groups is 1. The van der Waals surface area contributed by atoms with Crippen LogP contribution < -0.4 is 5.32 Å². The van der Waals surface area contributed by atoms with Crippen LogP contribution in [0.2, 0.25) is 0 Å². The van der Waals surface area contributed by atoms with Crippen LogP contribution >= 0.6 is 11.3 Å². The molecule has 5 nitrogen and oxygen atoms in total. The van der Waals surface area contributed by atoms with E-state index in [1.807, 2.05) is 32.4 Å². The van der Waals surface area contributed by atoms with Crippen molar-refractivity contribution >= 4 is 27.3 Å². The van der Waals surface area contributed by atoms with Crippen molar-refractivity contribution in [1.29, 1.82) is 0 Å². The molecule has 0 fully saturated rings. The summed E-state index contributed by atoms with van der Waals surface area (Å²) in [5.41, 5.74) is 2.06. The largest absolute Gasteiger partial charge is 0.340 e. The van der Waals surface area contributed by atoms with Crippen LogP contribution in [-0.2, 0) is 18.4 Å². The van der Waals surface area contributed by atoms with Gasteiger partial charge in [0.05, 0.1) is 6.20 Å². The Bertz CT molecular complexity index is 823. The summed E-state index contributed by atoms with van der Waals surface area (Å²) in [7, 11) is 5.49. The fourth-order valence-electron chi connectivity index (χ4n) is 2.73. The van der Waals surface area contributed by atoms with Crippen molar-refractivity contribution in [2.75, 3.05) is 14.1 Å². The van der Waals surface area contributed by atoms with Crippen molar-refractivity contribution in [2.24, 2.45) is 7.05 Å². The van der Waals surface area contributed by atoms with Gasteiger partial charge in [0, 0.05) is 37.1 Å². The van der Waals surface area contributed by atoms with Gasteiger partial charge in [-0.3, -0.25) is 9.48 Å². The normalized spacial score (nSPS) is 12.5. The number of rotatable bonds is 5. The molecule has 3 aromatic rings. The summed E-state index contributed by atoms with van der Waals surface area (Å²) in [6, 6.07) is 7.91. The summed E-state index contributed by atoms with van der Waals surface area (Å²) in [5.74, 6) is 0.0378. The smallest absolute Gasteiger partial charge is 0.244 e. The van der Waals surface area contributed by atoms with Gasteiger partial charge in [-0.25, -0.2) is 0 Å². The third-order valence-corrected chi connectivity index (χ3v) is 4.95. The lowest BCUT2D eigenvalue weighted by Gasteiger charge is -2.22. The molecule has 1 N–H and O–H groups in total. The molecule has 0 radical (unpaired) electrons. The van der Waals surface area contributed by atoms with E-state index in [0.29, 0.717) is 6.54 Å². The van der Waals surface area contributed by atoms with Crippen LogP contribution in [0.4, 0.5) is 0 Å². The van der Waals surface area contributed by atoms with Gasteiger partial charge in [-0.05, 0) is 29.4 Å². The predicted molar refractivity (Wildman–Crippen MR) is 93.3 cm³/mol. The molecule has 23 heavy (non-hydrogen) atoms. The molecule has 0 aliphatic carbocycles. The highest BCUT2D eigenvalue weighted by Gasteiger charge is 2.24. The molecule has 0 spiro atoms. The minimum Gasteiger partial charge on any atom is -0.340 e. The highest BCUT2D eigenvalue weighted by atomic mass is 32.1. The second kappa shape index (κ2) is 6.52. The lowest BCUT2D eigenvalue weighted by Crippen LogP contribution is -2.37. The van der Waals surface area contributed by atoms with Gasteiger partial charge in [-0.1, -0.05) is 18.2 Å². The Morgan fingerprint density at radius 1 is 1.43 bits per heavy atom. The molecule has 120 valence electrons. The second-order valence-corrected chi connectivity index (χ2v) is 6.53. The van der Waals surface area contributed by atoms with Gasteiger partial charge in [0.1, 0.15) is 6.04 Å². The van der Waals surface area contributed by atoms with Gasteiger partial charge in [-0.15, -0.1) is 11.3 Å². The predicted octanol–water partition coefficient (Wildman–Crippen LogP) is 2.55. The van der Waals surface area contributed by atoms with Crippen LogP contribution in [0.5, 0.6) is 0 Å². The van der Waals surface area contributed by atoms with E-state index >= 15 is 0 Å². The maximum absolute atomic E-state index is 12.8. The second-order valence-electron chi connectivity index (χ2n) is 5.62. The molecule has 1 atom stereocenters. The zero-order valence-electron chi connectivity index (χ0n) is 13.5. The number of amides is 1. The number of fused-ring (bicyclic) bond motifs is 1. The number of nitrogens with one attached hydrogen (secondary N) is 1. The minimum absolute atomic E-state index is 0.0378. The number of hydrogen-bond donors (Lipinski definition) is 1. The monoisotopic (exact) mass is 328 g/mol. The first kappa shape index (κ1) is 15.7. The van der Waals surface area contributed by atoms with Gasteiger partial charge in [-0.2, -0.15) is 5.10 Å². The SMILES string of the molecule is CNC(C(=O)N(C)Cc1csc2ccccc12)c1cnn(C)c1. The molecular weight excluding hydrogens is 308 g/mol. The van der Waals surface area contributed by atoms with E-state index in [-0.39, 0.29) is 11.9 Å². The Morgan fingerprint density at radius 2 is 2.22 bits per heavy atom. The number of hydrogen-bond acceptors (Lipinski definition) is 4. The van der Waals surface area contributed by atoms with Gasteiger partial charge < -0.3 is 10.2 Å². The number of thiophene rings is 1. The number of benzene rings is 1. The number of likely N-dealkylation sites (N-methyl/N-ethyl adjacent to an activating group) is 2. The van der Waals surface area contributed by atoms with Crippen molar-refractivity contribution in [1.82, 2.24) is 20.0 Å². The molecule has 2 aromatic heterocycles. The molecule has 2 heterocycles. The molecule has 1 unspecified atom stereocenters. The number of aromatic nitrogens is 2. The van der Waals surface area contributed by atoms with Crippen LogP contribution in [0, 0.1) is 0 Å². The Labute approximate surface area is 139 Å². The van der Waals surface area contributed by atoms with Gasteiger partial charge >= 0.3 is 0 Å². The fourth-order valence-corrected chi connectivity index (χ4v) is 3.68. The van der Waals surface area contributed by atoms with Gasteiger partial charge in [0.25, 0.3) is 0 Å². The van der Waals surface area contributed by atoms with Crippen LogP contribution in [0.3, 0.4) is 0 Å². The Hall–Kier alpha value is -2.18. The Morgan fingerprint density at radius 3 is 2.91 bits per heavy atom. The van der Waals surface area contributed by atoms with Crippen LogP contribution in [0.25, 0.3) is 10.1 Å². The van der Waals surface area contributed by atoms with Crippen molar-refractivity contribution in [3.8, 4) is 0 Å². The van der Waals surface area contributed by atoms with Crippen molar-refractivity contribution in [2.45, 2.75) is 12.6 Å². The lowest BCUT2D eigenvalue weighted by molar-refractivity contribution is -0.132. The molecule has 3 rings (SSSR count). The summed E-state index contributed by atoms with van der Waals surface area (Å²) in [6.45, 7) is 0.599. The van der Waals surface area contributed by atoms with E-state index < -0.39 is 0 Å². The molecule has 1 aromatic carbocycles. The van der Waals surface area contributed by atoms with Crippen molar-refractivity contribution < 1.29 is 4.79 Å². The summed E-state index contributed by atoms with van der Waals surface area (Å²) < 4.78 is 2.96. The summed E-state index contributed by atoms with van der Waals surface area (Å²) in [4.78, 5) is 14.5. The standard InChI is InChI=1S/C17H20N4OS/c1-18-16(12-8-19-21(3)10-12)17(22)20(2)9-13-11-23-15-7-5-4-6-14(13)15/h4-8,10-11,16,18H,9H2,1-3H3. The topological polar surface area (TPSA) is 50.2 Å².